The van der Waals surface area contributed by atoms with Gasteiger partial charge in [0.2, 0.25) is 10.0 Å². The Bertz CT molecular complexity index is 542. The molecule has 0 amide bonds. The van der Waals surface area contributed by atoms with Crippen molar-refractivity contribution in [2.24, 2.45) is 0 Å². The van der Waals surface area contributed by atoms with Crippen molar-refractivity contribution in [1.82, 2.24) is 4.31 Å². The highest BCUT2D eigenvalue weighted by Crippen LogP contribution is 2.31. The first-order chi connectivity index (χ1) is 8.46. The van der Waals surface area contributed by atoms with Crippen LogP contribution in [0.15, 0.2) is 27.6 Å². The van der Waals surface area contributed by atoms with Crippen LogP contribution in [-0.4, -0.2) is 25.3 Å². The highest BCUT2D eigenvalue weighted by atomic mass is 79.9. The standard InChI is InChI=1S/C13H18BrNO2S/c1-3-11-5-4-8-15(11)18(16,17)13-7-6-10(2)9-12(13)14/h6-7,9,11H,3-5,8H2,1-2H3. The zero-order valence-electron chi connectivity index (χ0n) is 10.7. The van der Waals surface area contributed by atoms with Crippen LogP contribution in [0, 0.1) is 6.92 Å². The second-order valence-electron chi connectivity index (χ2n) is 4.75. The summed E-state index contributed by atoms with van der Waals surface area (Å²) in [6, 6.07) is 5.54. The number of hydrogen-bond acceptors (Lipinski definition) is 2. The fourth-order valence-electron chi connectivity index (χ4n) is 2.47. The van der Waals surface area contributed by atoms with Gasteiger partial charge in [-0.15, -0.1) is 0 Å². The Morgan fingerprint density at radius 1 is 1.44 bits per heavy atom. The number of sulfonamides is 1. The van der Waals surface area contributed by atoms with E-state index in [1.807, 2.05) is 26.0 Å². The molecule has 1 unspecified atom stereocenters. The SMILES string of the molecule is CCC1CCCN1S(=O)(=O)c1ccc(C)cc1Br. The van der Waals surface area contributed by atoms with Crippen LogP contribution in [0.1, 0.15) is 31.7 Å². The molecule has 1 aliphatic heterocycles. The van der Waals surface area contributed by atoms with Crippen LogP contribution in [-0.2, 0) is 10.0 Å². The van der Waals surface area contributed by atoms with E-state index in [0.717, 1.165) is 24.8 Å². The van der Waals surface area contributed by atoms with Gasteiger partial charge in [-0.05, 0) is 59.8 Å². The second-order valence-corrected chi connectivity index (χ2v) is 7.47. The Morgan fingerprint density at radius 3 is 2.78 bits per heavy atom. The van der Waals surface area contributed by atoms with Gasteiger partial charge in [0, 0.05) is 17.1 Å². The molecule has 0 spiro atoms. The van der Waals surface area contributed by atoms with Gasteiger partial charge in [0.1, 0.15) is 0 Å². The summed E-state index contributed by atoms with van der Waals surface area (Å²) in [6.07, 6.45) is 2.81. The number of aryl methyl sites for hydroxylation is 1. The minimum Gasteiger partial charge on any atom is -0.207 e. The lowest BCUT2D eigenvalue weighted by atomic mass is 10.2. The largest absolute Gasteiger partial charge is 0.244 e. The van der Waals surface area contributed by atoms with Crippen molar-refractivity contribution in [3.63, 3.8) is 0 Å². The van der Waals surface area contributed by atoms with E-state index in [9.17, 15) is 8.42 Å². The summed E-state index contributed by atoms with van der Waals surface area (Å²) in [5.41, 5.74) is 1.05. The van der Waals surface area contributed by atoms with Crippen molar-refractivity contribution in [1.29, 1.82) is 0 Å². The minimum atomic E-state index is -3.36. The lowest BCUT2D eigenvalue weighted by Gasteiger charge is -2.23. The lowest BCUT2D eigenvalue weighted by molar-refractivity contribution is 0.379. The van der Waals surface area contributed by atoms with Crippen molar-refractivity contribution < 1.29 is 8.42 Å². The summed E-state index contributed by atoms with van der Waals surface area (Å²) in [7, 11) is -3.36. The minimum absolute atomic E-state index is 0.156. The molecule has 0 aliphatic carbocycles. The Hall–Kier alpha value is -0.390. The van der Waals surface area contributed by atoms with E-state index in [-0.39, 0.29) is 6.04 Å². The van der Waals surface area contributed by atoms with E-state index in [0.29, 0.717) is 15.9 Å². The van der Waals surface area contributed by atoms with E-state index < -0.39 is 10.0 Å². The third-order valence-corrected chi connectivity index (χ3v) is 6.40. The number of nitrogens with zero attached hydrogens (tertiary/aromatic N) is 1. The van der Waals surface area contributed by atoms with E-state index in [1.54, 1.807) is 10.4 Å². The van der Waals surface area contributed by atoms with Crippen molar-refractivity contribution in [2.45, 2.75) is 44.0 Å². The Morgan fingerprint density at radius 2 is 2.17 bits per heavy atom. The van der Waals surface area contributed by atoms with Gasteiger partial charge in [0.25, 0.3) is 0 Å². The number of benzene rings is 1. The summed E-state index contributed by atoms with van der Waals surface area (Å²) in [5.74, 6) is 0. The quantitative estimate of drug-likeness (QED) is 0.851. The smallest absolute Gasteiger partial charge is 0.207 e. The van der Waals surface area contributed by atoms with E-state index in [2.05, 4.69) is 15.9 Å². The Balaban J connectivity index is 2.42. The van der Waals surface area contributed by atoms with Gasteiger partial charge >= 0.3 is 0 Å². The normalized spacial score (nSPS) is 21.4. The maximum atomic E-state index is 12.6. The molecule has 5 heteroatoms. The summed E-state index contributed by atoms with van der Waals surface area (Å²) >= 11 is 3.37. The van der Waals surface area contributed by atoms with Gasteiger partial charge < -0.3 is 0 Å². The van der Waals surface area contributed by atoms with Crippen LogP contribution in [0.5, 0.6) is 0 Å². The van der Waals surface area contributed by atoms with Gasteiger partial charge in [-0.1, -0.05) is 13.0 Å². The van der Waals surface area contributed by atoms with Gasteiger partial charge in [0.15, 0.2) is 0 Å². The molecular formula is C13H18BrNO2S. The average Bonchev–Trinajstić information content (AvgIpc) is 2.76. The average molecular weight is 332 g/mol. The van der Waals surface area contributed by atoms with Crippen LogP contribution in [0.25, 0.3) is 0 Å². The maximum absolute atomic E-state index is 12.6. The highest BCUT2D eigenvalue weighted by molar-refractivity contribution is 9.10. The molecule has 1 aromatic rings. The molecule has 0 radical (unpaired) electrons. The van der Waals surface area contributed by atoms with Crippen LogP contribution < -0.4 is 0 Å². The number of halogens is 1. The van der Waals surface area contributed by atoms with Crippen LogP contribution in [0.4, 0.5) is 0 Å². The molecule has 1 saturated heterocycles. The van der Waals surface area contributed by atoms with E-state index >= 15 is 0 Å². The Kier molecular flexibility index (Phi) is 4.14. The van der Waals surface area contributed by atoms with E-state index in [4.69, 9.17) is 0 Å². The summed E-state index contributed by atoms with van der Waals surface area (Å²) in [6.45, 7) is 4.63. The lowest BCUT2D eigenvalue weighted by Crippen LogP contribution is -2.35. The molecule has 1 fully saturated rings. The predicted octanol–water partition coefficient (Wildman–Crippen LogP) is 3.32. The molecule has 3 nitrogen and oxygen atoms in total. The first kappa shape index (κ1) is 14.0. The predicted molar refractivity (Wildman–Crippen MR) is 76.1 cm³/mol. The molecule has 100 valence electrons. The fourth-order valence-corrected chi connectivity index (χ4v) is 5.40. The molecule has 0 saturated carbocycles. The van der Waals surface area contributed by atoms with Crippen molar-refractivity contribution >= 4 is 26.0 Å². The molecular weight excluding hydrogens is 314 g/mol. The second kappa shape index (κ2) is 5.31. The van der Waals surface area contributed by atoms with Crippen LogP contribution in [0.3, 0.4) is 0 Å². The molecule has 0 aromatic heterocycles. The molecule has 2 rings (SSSR count). The van der Waals surface area contributed by atoms with E-state index in [1.165, 1.54) is 0 Å². The maximum Gasteiger partial charge on any atom is 0.244 e. The van der Waals surface area contributed by atoms with Gasteiger partial charge in [-0.2, -0.15) is 4.31 Å². The van der Waals surface area contributed by atoms with Crippen LogP contribution >= 0.6 is 15.9 Å². The molecule has 0 N–H and O–H groups in total. The zero-order valence-corrected chi connectivity index (χ0v) is 13.1. The zero-order chi connectivity index (χ0) is 13.3. The molecule has 1 atom stereocenters. The third kappa shape index (κ3) is 2.49. The number of hydrogen-bond donors (Lipinski definition) is 0. The monoisotopic (exact) mass is 331 g/mol. The van der Waals surface area contributed by atoms with Crippen LogP contribution in [0.2, 0.25) is 0 Å². The van der Waals surface area contributed by atoms with Crippen molar-refractivity contribution in [3.8, 4) is 0 Å². The first-order valence-electron chi connectivity index (χ1n) is 6.25. The molecule has 1 heterocycles. The highest BCUT2D eigenvalue weighted by Gasteiger charge is 2.35. The molecule has 1 aliphatic rings. The summed E-state index contributed by atoms with van der Waals surface area (Å²) < 4.78 is 27.6. The van der Waals surface area contributed by atoms with Crippen molar-refractivity contribution in [2.75, 3.05) is 6.54 Å². The molecule has 1 aromatic carbocycles. The number of rotatable bonds is 3. The molecule has 0 bridgehead atoms. The molecule has 18 heavy (non-hydrogen) atoms. The topological polar surface area (TPSA) is 37.4 Å². The Labute approximate surface area is 117 Å². The summed E-state index contributed by atoms with van der Waals surface area (Å²) in [5, 5.41) is 0. The van der Waals surface area contributed by atoms with Gasteiger partial charge in [-0.3, -0.25) is 0 Å². The fraction of sp³-hybridized carbons (Fsp3) is 0.538. The first-order valence-corrected chi connectivity index (χ1v) is 8.48. The third-order valence-electron chi connectivity index (χ3n) is 3.47. The summed E-state index contributed by atoms with van der Waals surface area (Å²) in [4.78, 5) is 0.383. The van der Waals surface area contributed by atoms with Gasteiger partial charge in [-0.25, -0.2) is 8.42 Å². The van der Waals surface area contributed by atoms with Gasteiger partial charge in [0.05, 0.1) is 4.90 Å². The van der Waals surface area contributed by atoms with Crippen molar-refractivity contribution in [3.05, 3.63) is 28.2 Å².